The van der Waals surface area contributed by atoms with Gasteiger partial charge in [-0.3, -0.25) is 14.5 Å². The normalized spacial score (nSPS) is 14.4. The molecule has 34 heavy (non-hydrogen) atoms. The summed E-state index contributed by atoms with van der Waals surface area (Å²) >= 11 is 1.01. The highest BCUT2D eigenvalue weighted by atomic mass is 32.2. The van der Waals surface area contributed by atoms with Crippen molar-refractivity contribution in [2.24, 2.45) is 0 Å². The molecule has 1 aromatic carbocycles. The lowest BCUT2D eigenvalue weighted by Gasteiger charge is -2.19. The van der Waals surface area contributed by atoms with E-state index < -0.39 is 17.4 Å². The molecule has 6 nitrogen and oxygen atoms in total. The minimum atomic E-state index is -4.68. The molecular formula is C24H28F3NO5S. The molecule has 0 N–H and O–H groups in total. The highest BCUT2D eigenvalue weighted by Crippen LogP contribution is 2.40. The van der Waals surface area contributed by atoms with Gasteiger partial charge in [0.05, 0.1) is 17.9 Å². The Morgan fingerprint density at radius 1 is 1.06 bits per heavy atom. The van der Waals surface area contributed by atoms with Crippen LogP contribution in [0.3, 0.4) is 0 Å². The second-order valence-corrected chi connectivity index (χ2v) is 9.13. The summed E-state index contributed by atoms with van der Waals surface area (Å²) in [5.74, 6) is 0.506. The SMILES string of the molecule is CCCc1cc2c(C(F)(F)F)cc(=O)oc2c(CCC)c1OCCCCCN1C(=O)CSC1=O. The van der Waals surface area contributed by atoms with Gasteiger partial charge in [0.1, 0.15) is 11.3 Å². The number of thioether (sulfide) groups is 1. The average molecular weight is 500 g/mol. The van der Waals surface area contributed by atoms with Gasteiger partial charge < -0.3 is 9.15 Å². The molecule has 1 aliphatic heterocycles. The molecule has 186 valence electrons. The summed E-state index contributed by atoms with van der Waals surface area (Å²) < 4.78 is 52.3. The Bertz CT molecular complexity index is 1100. The number of carbonyl (C=O) groups is 2. The summed E-state index contributed by atoms with van der Waals surface area (Å²) in [6.45, 7) is 4.52. The smallest absolute Gasteiger partial charge is 0.417 e. The van der Waals surface area contributed by atoms with Crippen LogP contribution in [0.1, 0.15) is 62.6 Å². The maximum atomic E-state index is 13.7. The van der Waals surface area contributed by atoms with E-state index in [-0.39, 0.29) is 27.9 Å². The van der Waals surface area contributed by atoms with Crippen molar-refractivity contribution < 1.29 is 31.9 Å². The molecule has 0 saturated carbocycles. The monoisotopic (exact) mass is 499 g/mol. The largest absolute Gasteiger partial charge is 0.493 e. The second kappa shape index (κ2) is 11.3. The molecule has 0 unspecified atom stereocenters. The Morgan fingerprint density at radius 2 is 1.79 bits per heavy atom. The average Bonchev–Trinajstić information content (AvgIpc) is 3.09. The van der Waals surface area contributed by atoms with Gasteiger partial charge in [-0.2, -0.15) is 13.2 Å². The number of fused-ring (bicyclic) bond motifs is 1. The third-order valence-corrected chi connectivity index (χ3v) is 6.45. The Kier molecular flexibility index (Phi) is 8.67. The quantitative estimate of drug-likeness (QED) is 0.280. The van der Waals surface area contributed by atoms with Crippen molar-refractivity contribution in [3.05, 3.63) is 39.2 Å². The van der Waals surface area contributed by atoms with Crippen molar-refractivity contribution in [2.75, 3.05) is 18.9 Å². The van der Waals surface area contributed by atoms with Crippen LogP contribution in [0, 0.1) is 0 Å². The molecule has 10 heteroatoms. The molecule has 3 rings (SSSR count). The van der Waals surface area contributed by atoms with E-state index >= 15 is 0 Å². The number of amides is 2. The first-order valence-electron chi connectivity index (χ1n) is 11.5. The Balaban J connectivity index is 1.82. The van der Waals surface area contributed by atoms with Crippen molar-refractivity contribution in [3.8, 4) is 5.75 Å². The lowest BCUT2D eigenvalue weighted by Crippen LogP contribution is -2.29. The zero-order chi connectivity index (χ0) is 24.9. The van der Waals surface area contributed by atoms with Crippen LogP contribution in [0.25, 0.3) is 11.0 Å². The number of rotatable bonds is 11. The number of ether oxygens (including phenoxy) is 1. The number of imide groups is 1. The minimum Gasteiger partial charge on any atom is -0.493 e. The van der Waals surface area contributed by atoms with Gasteiger partial charge in [-0.25, -0.2) is 4.79 Å². The second-order valence-electron chi connectivity index (χ2n) is 8.21. The Morgan fingerprint density at radius 3 is 2.41 bits per heavy atom. The fraction of sp³-hybridized carbons (Fsp3) is 0.542. The maximum absolute atomic E-state index is 13.7. The van der Waals surface area contributed by atoms with Gasteiger partial charge in [0.15, 0.2) is 0 Å². The van der Waals surface area contributed by atoms with Crippen LogP contribution in [0.15, 0.2) is 21.3 Å². The van der Waals surface area contributed by atoms with Gasteiger partial charge in [-0.05, 0) is 43.7 Å². The van der Waals surface area contributed by atoms with Crippen LogP contribution < -0.4 is 10.4 Å². The number of unbranched alkanes of at least 4 members (excludes halogenated alkanes) is 2. The van der Waals surface area contributed by atoms with Gasteiger partial charge >= 0.3 is 11.8 Å². The number of hydrogen-bond acceptors (Lipinski definition) is 6. The first-order chi connectivity index (χ1) is 16.2. The summed E-state index contributed by atoms with van der Waals surface area (Å²) in [5.41, 5.74) is -0.972. The number of aryl methyl sites for hydroxylation is 2. The van der Waals surface area contributed by atoms with E-state index in [1.54, 1.807) is 0 Å². The third kappa shape index (κ3) is 5.95. The molecule has 1 aromatic heterocycles. The summed E-state index contributed by atoms with van der Waals surface area (Å²) in [6, 6.07) is 1.93. The fourth-order valence-electron chi connectivity index (χ4n) is 4.07. The predicted molar refractivity (Wildman–Crippen MR) is 124 cm³/mol. The minimum absolute atomic E-state index is 0.0694. The molecule has 0 atom stereocenters. The lowest BCUT2D eigenvalue weighted by atomic mass is 9.96. The molecule has 2 amide bonds. The van der Waals surface area contributed by atoms with E-state index in [4.69, 9.17) is 9.15 Å². The van der Waals surface area contributed by atoms with Crippen LogP contribution >= 0.6 is 11.8 Å². The standard InChI is InChI=1S/C24H28F3NO5S/c1-3-8-15-12-17-18(24(25,26)27)13-20(30)33-22(17)16(9-4-2)21(15)32-11-7-5-6-10-28-19(29)14-34-23(28)31/h12-13H,3-11,14H2,1-2H3. The molecule has 0 bridgehead atoms. The van der Waals surface area contributed by atoms with Gasteiger partial charge in [0.2, 0.25) is 5.91 Å². The highest BCUT2D eigenvalue weighted by molar-refractivity contribution is 8.14. The van der Waals surface area contributed by atoms with Gasteiger partial charge in [-0.1, -0.05) is 38.5 Å². The molecule has 1 saturated heterocycles. The molecule has 2 aromatic rings. The molecular weight excluding hydrogens is 471 g/mol. The number of carbonyl (C=O) groups excluding carboxylic acids is 2. The third-order valence-electron chi connectivity index (χ3n) is 5.60. The summed E-state index contributed by atoms with van der Waals surface area (Å²) in [4.78, 5) is 36.5. The van der Waals surface area contributed by atoms with E-state index in [1.165, 1.54) is 11.0 Å². The van der Waals surface area contributed by atoms with Crippen LogP contribution in [-0.4, -0.2) is 35.0 Å². The molecule has 1 fully saturated rings. The number of halogens is 3. The molecule has 0 aliphatic carbocycles. The number of nitrogens with zero attached hydrogens (tertiary/aromatic N) is 1. The van der Waals surface area contributed by atoms with Crippen molar-refractivity contribution in [2.45, 2.75) is 65.0 Å². The fourth-order valence-corrected chi connectivity index (χ4v) is 4.83. The number of hydrogen-bond donors (Lipinski definition) is 0. The van der Waals surface area contributed by atoms with Crippen LogP contribution in [0.2, 0.25) is 0 Å². The topological polar surface area (TPSA) is 76.8 Å². The van der Waals surface area contributed by atoms with Crippen LogP contribution in [0.4, 0.5) is 18.0 Å². The van der Waals surface area contributed by atoms with E-state index in [9.17, 15) is 27.6 Å². The van der Waals surface area contributed by atoms with Crippen LogP contribution in [0.5, 0.6) is 5.75 Å². The first-order valence-corrected chi connectivity index (χ1v) is 12.5. The van der Waals surface area contributed by atoms with Gasteiger partial charge in [0.25, 0.3) is 5.24 Å². The summed E-state index contributed by atoms with van der Waals surface area (Å²) in [6.07, 6.45) is -0.398. The first kappa shape index (κ1) is 26.1. The maximum Gasteiger partial charge on any atom is 0.417 e. The van der Waals surface area contributed by atoms with Crippen molar-refractivity contribution in [1.82, 2.24) is 4.90 Å². The van der Waals surface area contributed by atoms with Crippen molar-refractivity contribution >= 4 is 33.9 Å². The Hall–Kier alpha value is -2.49. The van der Waals surface area contributed by atoms with Crippen molar-refractivity contribution in [1.29, 1.82) is 0 Å². The van der Waals surface area contributed by atoms with Crippen LogP contribution in [-0.2, 0) is 23.8 Å². The van der Waals surface area contributed by atoms with E-state index in [1.807, 2.05) is 13.8 Å². The zero-order valence-corrected chi connectivity index (χ0v) is 20.1. The van der Waals surface area contributed by atoms with E-state index in [0.717, 1.165) is 18.2 Å². The van der Waals surface area contributed by atoms with Gasteiger partial charge in [-0.15, -0.1) is 0 Å². The lowest BCUT2D eigenvalue weighted by molar-refractivity contribution is -0.136. The summed E-state index contributed by atoms with van der Waals surface area (Å²) in [5, 5.41) is -0.338. The van der Waals surface area contributed by atoms with E-state index in [2.05, 4.69) is 0 Å². The Labute approximate surface area is 199 Å². The molecule has 2 heterocycles. The molecule has 0 radical (unpaired) electrons. The zero-order valence-electron chi connectivity index (χ0n) is 19.3. The summed E-state index contributed by atoms with van der Waals surface area (Å²) in [7, 11) is 0. The van der Waals surface area contributed by atoms with Gasteiger partial charge in [0, 0.05) is 23.6 Å². The number of alkyl halides is 3. The number of benzene rings is 1. The van der Waals surface area contributed by atoms with E-state index in [0.29, 0.717) is 74.6 Å². The van der Waals surface area contributed by atoms with Crippen molar-refractivity contribution in [3.63, 3.8) is 0 Å². The molecule has 1 aliphatic rings. The highest BCUT2D eigenvalue weighted by Gasteiger charge is 2.35. The predicted octanol–water partition coefficient (Wildman–Crippen LogP) is 5.96. The molecule has 0 spiro atoms.